The Morgan fingerprint density at radius 3 is 1.67 bits per heavy atom. The number of imidazole rings is 2. The third kappa shape index (κ3) is 5.30. The van der Waals surface area contributed by atoms with E-state index in [-0.39, 0.29) is 23.9 Å². The lowest BCUT2D eigenvalue weighted by Gasteiger charge is -2.27. The molecular formula is C32H37N7O3. The van der Waals surface area contributed by atoms with Crippen molar-refractivity contribution in [1.29, 1.82) is 0 Å². The van der Waals surface area contributed by atoms with Crippen molar-refractivity contribution in [2.75, 3.05) is 13.1 Å². The van der Waals surface area contributed by atoms with E-state index in [4.69, 9.17) is 5.73 Å². The van der Waals surface area contributed by atoms with Gasteiger partial charge in [-0.15, -0.1) is 0 Å². The quantitative estimate of drug-likeness (QED) is 0.229. The van der Waals surface area contributed by atoms with Gasteiger partial charge < -0.3 is 25.7 Å². The van der Waals surface area contributed by atoms with E-state index in [0.29, 0.717) is 18.9 Å². The van der Waals surface area contributed by atoms with Crippen LogP contribution < -0.4 is 5.73 Å². The first-order valence-electron chi connectivity index (χ1n) is 14.7. The van der Waals surface area contributed by atoms with E-state index in [1.807, 2.05) is 37.1 Å². The second kappa shape index (κ2) is 11.4. The van der Waals surface area contributed by atoms with Crippen LogP contribution in [0, 0.1) is 5.92 Å². The van der Waals surface area contributed by atoms with Gasteiger partial charge in [0.25, 0.3) is 0 Å². The predicted molar refractivity (Wildman–Crippen MR) is 160 cm³/mol. The van der Waals surface area contributed by atoms with Gasteiger partial charge in [0.05, 0.1) is 41.9 Å². The molecule has 0 saturated carbocycles. The monoisotopic (exact) mass is 567 g/mol. The molecule has 10 nitrogen and oxygen atoms in total. The second-order valence-corrected chi connectivity index (χ2v) is 11.6. The van der Waals surface area contributed by atoms with Gasteiger partial charge in [0, 0.05) is 13.1 Å². The van der Waals surface area contributed by atoms with Crippen LogP contribution in [0.1, 0.15) is 63.3 Å². The number of amides is 2. The molecule has 0 aliphatic carbocycles. The lowest BCUT2D eigenvalue weighted by Crippen LogP contribution is -2.46. The lowest BCUT2D eigenvalue weighted by molar-refractivity contribution is -0.134. The molecule has 2 aromatic heterocycles. The topological polar surface area (TPSA) is 144 Å². The van der Waals surface area contributed by atoms with Crippen LogP contribution in [0.3, 0.4) is 0 Å². The van der Waals surface area contributed by atoms with Crippen molar-refractivity contribution >= 4 is 12.0 Å². The number of hydrogen-bond donors (Lipinski definition) is 4. The van der Waals surface area contributed by atoms with Crippen molar-refractivity contribution in [3.8, 4) is 33.6 Å². The molecule has 2 aromatic carbocycles. The summed E-state index contributed by atoms with van der Waals surface area (Å²) in [7, 11) is 0. The molecule has 2 aliphatic heterocycles. The Morgan fingerprint density at radius 1 is 0.786 bits per heavy atom. The van der Waals surface area contributed by atoms with Gasteiger partial charge in [0.15, 0.2) is 0 Å². The smallest absolute Gasteiger partial charge is 0.407 e. The van der Waals surface area contributed by atoms with Crippen LogP contribution >= 0.6 is 0 Å². The summed E-state index contributed by atoms with van der Waals surface area (Å²) in [4.78, 5) is 43.7. The lowest BCUT2D eigenvalue weighted by atomic mass is 10.0. The predicted octanol–water partition coefficient (Wildman–Crippen LogP) is 5.60. The molecular weight excluding hydrogens is 530 g/mol. The van der Waals surface area contributed by atoms with Crippen molar-refractivity contribution in [3.63, 3.8) is 0 Å². The van der Waals surface area contributed by atoms with Gasteiger partial charge in [0.1, 0.15) is 11.6 Å². The van der Waals surface area contributed by atoms with Crippen LogP contribution in [0.5, 0.6) is 0 Å². The summed E-state index contributed by atoms with van der Waals surface area (Å²) >= 11 is 0. The van der Waals surface area contributed by atoms with Crippen LogP contribution in [0.15, 0.2) is 60.9 Å². The number of hydrogen-bond acceptors (Lipinski definition) is 5. The molecule has 10 heteroatoms. The molecule has 4 heterocycles. The van der Waals surface area contributed by atoms with Crippen molar-refractivity contribution in [2.24, 2.45) is 11.7 Å². The number of likely N-dealkylation sites (tertiary alicyclic amines) is 2. The Bertz CT molecular complexity index is 1560. The molecule has 0 radical (unpaired) electrons. The highest BCUT2D eigenvalue weighted by atomic mass is 16.4. The van der Waals surface area contributed by atoms with Gasteiger partial charge in [-0.25, -0.2) is 14.8 Å². The van der Waals surface area contributed by atoms with Gasteiger partial charge in [-0.2, -0.15) is 0 Å². The Morgan fingerprint density at radius 2 is 1.21 bits per heavy atom. The van der Waals surface area contributed by atoms with E-state index in [1.54, 1.807) is 6.20 Å². The van der Waals surface area contributed by atoms with Gasteiger partial charge in [-0.05, 0) is 53.9 Å². The van der Waals surface area contributed by atoms with E-state index in [9.17, 15) is 14.7 Å². The van der Waals surface area contributed by atoms with E-state index in [2.05, 4.69) is 56.3 Å². The van der Waals surface area contributed by atoms with Crippen LogP contribution in [0.25, 0.3) is 33.6 Å². The second-order valence-electron chi connectivity index (χ2n) is 11.6. The van der Waals surface area contributed by atoms with Gasteiger partial charge in [-0.1, -0.05) is 62.4 Å². The molecule has 2 amide bonds. The van der Waals surface area contributed by atoms with E-state index in [1.165, 1.54) is 4.90 Å². The maximum absolute atomic E-state index is 12.9. The van der Waals surface area contributed by atoms with E-state index >= 15 is 0 Å². The maximum atomic E-state index is 12.9. The summed E-state index contributed by atoms with van der Waals surface area (Å²) in [5.41, 5.74) is 12.1. The number of carbonyl (C=O) groups excluding carboxylic acids is 1. The van der Waals surface area contributed by atoms with Crippen LogP contribution in [-0.2, 0) is 4.79 Å². The zero-order valence-electron chi connectivity index (χ0n) is 24.0. The minimum atomic E-state index is -0.905. The normalized spacial score (nSPS) is 19.5. The van der Waals surface area contributed by atoms with E-state index in [0.717, 1.165) is 65.1 Å². The largest absolute Gasteiger partial charge is 0.465 e. The molecule has 3 unspecified atom stereocenters. The van der Waals surface area contributed by atoms with Gasteiger partial charge in [0.2, 0.25) is 5.91 Å². The van der Waals surface area contributed by atoms with Crippen LogP contribution in [0.4, 0.5) is 4.79 Å². The zero-order valence-corrected chi connectivity index (χ0v) is 24.0. The number of nitrogens with two attached hydrogens (primary N) is 1. The minimum absolute atomic E-state index is 0.00700. The van der Waals surface area contributed by atoms with Crippen molar-refractivity contribution in [2.45, 2.75) is 57.7 Å². The highest BCUT2D eigenvalue weighted by Gasteiger charge is 2.35. The highest BCUT2D eigenvalue weighted by molar-refractivity contribution is 5.82. The molecule has 2 saturated heterocycles. The molecule has 2 fully saturated rings. The van der Waals surface area contributed by atoms with Crippen LogP contribution in [0.2, 0.25) is 0 Å². The number of benzene rings is 2. The number of aromatic amines is 2. The standard InChI is InChI=1S/C32H37N7O3/c1-19(2)28(33)31(40)38-15-3-5-26(38)29-34-17-24(36-29)22-11-7-20(8-12-22)21-9-13-23(14-10-21)25-18-35-30(37-25)27-6-4-16-39(27)32(41)42/h7-14,17-19,26-28H,3-6,15-16,33H2,1-2H3,(H,34,36)(H,35,37)(H,41,42). The first-order chi connectivity index (χ1) is 20.3. The average molecular weight is 568 g/mol. The summed E-state index contributed by atoms with van der Waals surface area (Å²) in [5.74, 6) is 1.58. The first-order valence-corrected chi connectivity index (χ1v) is 14.7. The Balaban J connectivity index is 1.13. The summed E-state index contributed by atoms with van der Waals surface area (Å²) < 4.78 is 0. The number of carbonyl (C=O) groups is 2. The number of carboxylic acid groups (broad SMARTS) is 1. The van der Waals surface area contributed by atoms with Crippen LogP contribution in [-0.4, -0.2) is 66.0 Å². The number of aromatic nitrogens is 4. The minimum Gasteiger partial charge on any atom is -0.465 e. The van der Waals surface area contributed by atoms with Gasteiger partial charge >= 0.3 is 6.09 Å². The third-order valence-electron chi connectivity index (χ3n) is 8.59. The third-order valence-corrected chi connectivity index (χ3v) is 8.59. The SMILES string of the molecule is CC(C)C(N)C(=O)N1CCCC1c1ncc(-c2ccc(-c3ccc(-c4cnc(C5CCCN5C(=O)O)[nH]4)cc3)cc2)[nH]1. The molecule has 0 bridgehead atoms. The van der Waals surface area contributed by atoms with E-state index < -0.39 is 12.1 Å². The summed E-state index contributed by atoms with van der Waals surface area (Å²) in [6, 6.07) is 15.8. The van der Waals surface area contributed by atoms with Crippen molar-refractivity contribution in [3.05, 3.63) is 72.6 Å². The maximum Gasteiger partial charge on any atom is 0.407 e. The number of rotatable bonds is 7. The first kappa shape index (κ1) is 27.7. The fraction of sp³-hybridized carbons (Fsp3) is 0.375. The number of H-pyrrole nitrogens is 2. The van der Waals surface area contributed by atoms with Crippen molar-refractivity contribution < 1.29 is 14.7 Å². The Kier molecular flexibility index (Phi) is 7.55. The summed E-state index contributed by atoms with van der Waals surface area (Å²) in [6.07, 6.45) is 6.14. The number of nitrogens with one attached hydrogen (secondary N) is 2. The Labute approximate surface area is 245 Å². The zero-order chi connectivity index (χ0) is 29.4. The van der Waals surface area contributed by atoms with Gasteiger partial charge in [-0.3, -0.25) is 9.69 Å². The molecule has 218 valence electrons. The number of nitrogens with zero attached hydrogens (tertiary/aromatic N) is 4. The summed E-state index contributed by atoms with van der Waals surface area (Å²) in [5, 5.41) is 9.46. The molecule has 42 heavy (non-hydrogen) atoms. The molecule has 6 rings (SSSR count). The average Bonchev–Trinajstić information content (AvgIpc) is 3.82. The summed E-state index contributed by atoms with van der Waals surface area (Å²) in [6.45, 7) is 5.19. The highest BCUT2D eigenvalue weighted by Crippen LogP contribution is 2.34. The molecule has 0 spiro atoms. The molecule has 5 N–H and O–H groups in total. The fourth-order valence-corrected chi connectivity index (χ4v) is 6.06. The molecule has 4 aromatic rings. The molecule has 2 aliphatic rings. The fourth-order valence-electron chi connectivity index (χ4n) is 6.06. The Hall–Kier alpha value is -4.44. The molecule has 3 atom stereocenters. The van der Waals surface area contributed by atoms with Crippen molar-refractivity contribution in [1.82, 2.24) is 29.7 Å².